The first kappa shape index (κ1) is 16.7. The van der Waals surface area contributed by atoms with Gasteiger partial charge in [-0.05, 0) is 38.0 Å². The van der Waals surface area contributed by atoms with E-state index in [9.17, 15) is 18.8 Å². The third-order valence-corrected chi connectivity index (χ3v) is 3.58. The molecule has 6 nitrogen and oxygen atoms in total. The van der Waals surface area contributed by atoms with E-state index in [1.165, 1.54) is 12.1 Å². The van der Waals surface area contributed by atoms with Crippen molar-refractivity contribution in [2.75, 3.05) is 0 Å². The summed E-state index contributed by atoms with van der Waals surface area (Å²) < 4.78 is 13.2. The second-order valence-electron chi connectivity index (χ2n) is 5.36. The van der Waals surface area contributed by atoms with Crippen LogP contribution in [0.15, 0.2) is 33.9 Å². The van der Waals surface area contributed by atoms with E-state index in [1.54, 1.807) is 26.0 Å². The lowest BCUT2D eigenvalue weighted by Crippen LogP contribution is -2.30. The molecule has 0 aliphatic rings. The van der Waals surface area contributed by atoms with Gasteiger partial charge in [0.2, 0.25) is 5.91 Å². The Morgan fingerprint density at radius 2 is 2.04 bits per heavy atom. The van der Waals surface area contributed by atoms with E-state index < -0.39 is 11.2 Å². The lowest BCUT2D eigenvalue weighted by atomic mass is 10.1. The number of carbonyl (C=O) groups is 1. The number of hydrogen-bond donors (Lipinski definition) is 3. The second-order valence-corrected chi connectivity index (χ2v) is 5.36. The van der Waals surface area contributed by atoms with Gasteiger partial charge in [0.1, 0.15) is 5.82 Å². The lowest BCUT2D eigenvalue weighted by Gasteiger charge is -2.14. The highest BCUT2D eigenvalue weighted by atomic mass is 19.1. The summed E-state index contributed by atoms with van der Waals surface area (Å²) in [4.78, 5) is 39.4. The zero-order valence-corrected chi connectivity index (χ0v) is 12.9. The topological polar surface area (TPSA) is 94.8 Å². The van der Waals surface area contributed by atoms with Gasteiger partial charge in [0.25, 0.3) is 5.56 Å². The van der Waals surface area contributed by atoms with Crippen LogP contribution in [0, 0.1) is 12.7 Å². The molecule has 0 fully saturated rings. The molecule has 0 aliphatic carbocycles. The van der Waals surface area contributed by atoms with E-state index in [2.05, 4.69) is 15.3 Å². The summed E-state index contributed by atoms with van der Waals surface area (Å²) in [7, 11) is 0. The SMILES string of the molecule is Cc1[nH]c(=O)[nH]c(=O)c1CCC(=O)N[C@@H](C)c1cccc(F)c1. The molecule has 1 aromatic carbocycles. The van der Waals surface area contributed by atoms with Crippen molar-refractivity contribution in [3.63, 3.8) is 0 Å². The molecule has 3 N–H and O–H groups in total. The zero-order chi connectivity index (χ0) is 17.0. The molecule has 0 bridgehead atoms. The molecule has 2 aromatic rings. The van der Waals surface area contributed by atoms with Gasteiger partial charge < -0.3 is 10.3 Å². The molecule has 1 heterocycles. The van der Waals surface area contributed by atoms with Crippen LogP contribution >= 0.6 is 0 Å². The molecule has 7 heteroatoms. The lowest BCUT2D eigenvalue weighted by molar-refractivity contribution is -0.121. The van der Waals surface area contributed by atoms with Crippen LogP contribution in [-0.4, -0.2) is 15.9 Å². The number of rotatable bonds is 5. The summed E-state index contributed by atoms with van der Waals surface area (Å²) in [6.45, 7) is 3.37. The summed E-state index contributed by atoms with van der Waals surface area (Å²) in [6.07, 6.45) is 0.301. The van der Waals surface area contributed by atoms with Crippen LogP contribution in [-0.2, 0) is 11.2 Å². The van der Waals surface area contributed by atoms with Gasteiger partial charge in [0, 0.05) is 17.7 Å². The zero-order valence-electron chi connectivity index (χ0n) is 12.9. The summed E-state index contributed by atoms with van der Waals surface area (Å²) in [6, 6.07) is 5.67. The first-order valence-corrected chi connectivity index (χ1v) is 7.23. The van der Waals surface area contributed by atoms with E-state index in [4.69, 9.17) is 0 Å². The van der Waals surface area contributed by atoms with Crippen molar-refractivity contribution in [1.82, 2.24) is 15.3 Å². The quantitative estimate of drug-likeness (QED) is 0.775. The van der Waals surface area contributed by atoms with Crippen molar-refractivity contribution in [3.05, 3.63) is 67.7 Å². The molecule has 1 amide bonds. The molecule has 0 unspecified atom stereocenters. The average molecular weight is 319 g/mol. The summed E-state index contributed by atoms with van der Waals surface area (Å²) in [5.74, 6) is -0.620. The number of benzene rings is 1. The molecule has 0 saturated heterocycles. The third-order valence-electron chi connectivity index (χ3n) is 3.58. The Kier molecular flexibility index (Phi) is 5.10. The maximum atomic E-state index is 13.2. The van der Waals surface area contributed by atoms with Crippen molar-refractivity contribution in [2.45, 2.75) is 32.7 Å². The van der Waals surface area contributed by atoms with Gasteiger partial charge >= 0.3 is 5.69 Å². The van der Waals surface area contributed by atoms with Gasteiger partial charge in [-0.25, -0.2) is 9.18 Å². The Labute approximate surface area is 131 Å². The van der Waals surface area contributed by atoms with E-state index in [-0.39, 0.29) is 30.6 Å². The first-order valence-electron chi connectivity index (χ1n) is 7.23. The average Bonchev–Trinajstić information content (AvgIpc) is 2.46. The molecule has 0 radical (unpaired) electrons. The number of nitrogens with one attached hydrogen (secondary N) is 3. The van der Waals surface area contributed by atoms with Crippen LogP contribution in [0.5, 0.6) is 0 Å². The van der Waals surface area contributed by atoms with Crippen molar-refractivity contribution in [1.29, 1.82) is 0 Å². The van der Waals surface area contributed by atoms with Crippen molar-refractivity contribution in [3.8, 4) is 0 Å². The second kappa shape index (κ2) is 7.04. The maximum Gasteiger partial charge on any atom is 0.325 e. The molecule has 23 heavy (non-hydrogen) atoms. The Hall–Kier alpha value is -2.70. The van der Waals surface area contributed by atoms with E-state index in [0.29, 0.717) is 16.8 Å². The van der Waals surface area contributed by atoms with Gasteiger partial charge in [-0.2, -0.15) is 0 Å². The van der Waals surface area contributed by atoms with E-state index >= 15 is 0 Å². The van der Waals surface area contributed by atoms with Crippen molar-refractivity contribution < 1.29 is 9.18 Å². The van der Waals surface area contributed by atoms with Gasteiger partial charge in [-0.3, -0.25) is 14.6 Å². The molecule has 2 rings (SSSR count). The van der Waals surface area contributed by atoms with Crippen LogP contribution < -0.4 is 16.6 Å². The Morgan fingerprint density at radius 3 is 2.70 bits per heavy atom. The van der Waals surface area contributed by atoms with E-state index in [0.717, 1.165) is 0 Å². The number of aromatic amines is 2. The fourth-order valence-electron chi connectivity index (χ4n) is 2.34. The van der Waals surface area contributed by atoms with Crippen molar-refractivity contribution in [2.24, 2.45) is 0 Å². The normalized spacial score (nSPS) is 12.0. The smallest absolute Gasteiger partial charge is 0.325 e. The number of aromatic nitrogens is 2. The van der Waals surface area contributed by atoms with Crippen LogP contribution in [0.3, 0.4) is 0 Å². The molecule has 0 spiro atoms. The predicted octanol–water partition coefficient (Wildman–Crippen LogP) is 1.32. The molecular formula is C16H18FN3O3. The molecule has 122 valence electrons. The fraction of sp³-hybridized carbons (Fsp3) is 0.312. The van der Waals surface area contributed by atoms with Crippen LogP contribution in [0.2, 0.25) is 0 Å². The Balaban J connectivity index is 1.98. The minimum atomic E-state index is -0.569. The number of H-pyrrole nitrogens is 2. The van der Waals surface area contributed by atoms with Gasteiger partial charge in [0.05, 0.1) is 6.04 Å². The van der Waals surface area contributed by atoms with Gasteiger partial charge in [-0.15, -0.1) is 0 Å². The van der Waals surface area contributed by atoms with Crippen LogP contribution in [0.4, 0.5) is 4.39 Å². The number of hydrogen-bond acceptors (Lipinski definition) is 3. The summed E-state index contributed by atoms with van der Waals surface area (Å²) in [5.41, 5.74) is 0.428. The van der Waals surface area contributed by atoms with Gasteiger partial charge in [0.15, 0.2) is 0 Å². The van der Waals surface area contributed by atoms with Crippen LogP contribution in [0.1, 0.15) is 36.2 Å². The fourth-order valence-corrected chi connectivity index (χ4v) is 2.34. The van der Waals surface area contributed by atoms with Crippen molar-refractivity contribution >= 4 is 5.91 Å². The minimum Gasteiger partial charge on any atom is -0.350 e. The monoisotopic (exact) mass is 319 g/mol. The number of halogens is 1. The first-order chi connectivity index (χ1) is 10.9. The van der Waals surface area contributed by atoms with Crippen LogP contribution in [0.25, 0.3) is 0 Å². The summed E-state index contributed by atoms with van der Waals surface area (Å²) in [5, 5.41) is 2.75. The molecular weight excluding hydrogens is 301 g/mol. The predicted molar refractivity (Wildman–Crippen MR) is 83.7 cm³/mol. The maximum absolute atomic E-state index is 13.2. The molecule has 1 aromatic heterocycles. The van der Waals surface area contributed by atoms with E-state index in [1.807, 2.05) is 0 Å². The third kappa shape index (κ3) is 4.38. The molecule has 0 aliphatic heterocycles. The standard InChI is InChI=1S/C16H18FN3O3/c1-9(11-4-3-5-12(17)8-11)18-14(21)7-6-13-10(2)19-16(23)20-15(13)22/h3-5,8-9H,6-7H2,1-2H3,(H,18,21)(H2,19,20,22,23)/t9-/m0/s1. The highest BCUT2D eigenvalue weighted by Gasteiger charge is 2.12. The Morgan fingerprint density at radius 1 is 1.30 bits per heavy atom. The van der Waals surface area contributed by atoms with Gasteiger partial charge in [-0.1, -0.05) is 12.1 Å². The minimum absolute atomic E-state index is 0.0929. The summed E-state index contributed by atoms with van der Waals surface area (Å²) >= 11 is 0. The highest BCUT2D eigenvalue weighted by molar-refractivity contribution is 5.76. The number of carbonyl (C=O) groups excluding carboxylic acids is 1. The number of aryl methyl sites for hydroxylation is 1. The Bertz CT molecular complexity index is 826. The number of amides is 1. The molecule has 0 saturated carbocycles. The highest BCUT2D eigenvalue weighted by Crippen LogP contribution is 2.13. The molecule has 1 atom stereocenters. The largest absolute Gasteiger partial charge is 0.350 e.